The zero-order valence-corrected chi connectivity index (χ0v) is 22.0. The molecule has 0 radical (unpaired) electrons. The first-order chi connectivity index (χ1) is 17.6. The molecular weight excluding hydrogens is 494 g/mol. The number of methoxy groups -OCH3 is 1. The number of para-hydroxylation sites is 3. The summed E-state index contributed by atoms with van der Waals surface area (Å²) < 4.78 is 36.8. The van der Waals surface area contributed by atoms with Gasteiger partial charge in [0.25, 0.3) is 0 Å². The Kier molecular flexibility index (Phi) is 9.13. The molecule has 196 valence electrons. The lowest BCUT2D eigenvalue weighted by atomic mass is 10.1. The van der Waals surface area contributed by atoms with Gasteiger partial charge in [-0.1, -0.05) is 44.2 Å². The number of anilines is 2. The minimum absolute atomic E-state index is 0.0654. The second kappa shape index (κ2) is 12.3. The Morgan fingerprint density at radius 1 is 0.892 bits per heavy atom. The first-order valence-electron chi connectivity index (χ1n) is 11.7. The largest absolute Gasteiger partial charge is 0.495 e. The zero-order chi connectivity index (χ0) is 27.0. The number of benzene rings is 3. The maximum atomic E-state index is 13.2. The summed E-state index contributed by atoms with van der Waals surface area (Å²) in [5.74, 6) is 0.538. The smallest absolute Gasteiger partial charge is 0.339 e. The molecule has 0 saturated carbocycles. The molecule has 0 aliphatic rings. The molecule has 0 saturated heterocycles. The van der Waals surface area contributed by atoms with Crippen LogP contribution in [0.2, 0.25) is 0 Å². The average Bonchev–Trinajstić information content (AvgIpc) is 2.84. The summed E-state index contributed by atoms with van der Waals surface area (Å²) in [6.07, 6.45) is 0. The second-order valence-electron chi connectivity index (χ2n) is 8.76. The molecule has 9 nitrogen and oxygen atoms in total. The standard InChI is InChI=1S/C27H31N3O6S/c1-19(2)17-30(27(32)29-24-10-6-8-12-26(24)35-4)18-21-9-5-7-11-25(21)36-37(33,34)23-15-13-22(14-16-23)28-20(3)31/h5-16,19H,17-18H2,1-4H3,(H,28,31)(H,29,32). The molecule has 0 spiro atoms. The Morgan fingerprint density at radius 3 is 2.14 bits per heavy atom. The number of ether oxygens (including phenoxy) is 1. The van der Waals surface area contributed by atoms with E-state index in [0.717, 1.165) is 0 Å². The Balaban J connectivity index is 1.82. The second-order valence-corrected chi connectivity index (χ2v) is 10.3. The Morgan fingerprint density at radius 2 is 1.51 bits per heavy atom. The maximum Gasteiger partial charge on any atom is 0.339 e. The molecule has 37 heavy (non-hydrogen) atoms. The predicted octanol–water partition coefficient (Wildman–Crippen LogP) is 5.11. The van der Waals surface area contributed by atoms with Crippen LogP contribution in [0.5, 0.6) is 11.5 Å². The van der Waals surface area contributed by atoms with Gasteiger partial charge >= 0.3 is 16.1 Å². The molecule has 3 amide bonds. The normalized spacial score (nSPS) is 11.1. The summed E-state index contributed by atoms with van der Waals surface area (Å²) in [4.78, 5) is 26.0. The first-order valence-corrected chi connectivity index (χ1v) is 13.1. The average molecular weight is 526 g/mol. The van der Waals surface area contributed by atoms with Crippen molar-refractivity contribution in [3.8, 4) is 11.5 Å². The number of nitrogens with one attached hydrogen (secondary N) is 2. The summed E-state index contributed by atoms with van der Waals surface area (Å²) in [6, 6.07) is 19.1. The Hall–Kier alpha value is -4.05. The maximum absolute atomic E-state index is 13.2. The van der Waals surface area contributed by atoms with E-state index < -0.39 is 10.1 Å². The Bertz CT molecular complexity index is 1340. The number of carbonyl (C=O) groups excluding carboxylic acids is 2. The number of rotatable bonds is 10. The van der Waals surface area contributed by atoms with Gasteiger partial charge in [-0.2, -0.15) is 8.42 Å². The quantitative estimate of drug-likeness (QED) is 0.356. The van der Waals surface area contributed by atoms with Gasteiger partial charge in [0.2, 0.25) is 5.91 Å². The third-order valence-electron chi connectivity index (χ3n) is 5.22. The molecular formula is C27H31N3O6S. The highest BCUT2D eigenvalue weighted by Crippen LogP contribution is 2.27. The number of carbonyl (C=O) groups is 2. The van der Waals surface area contributed by atoms with E-state index in [0.29, 0.717) is 29.2 Å². The van der Waals surface area contributed by atoms with Gasteiger partial charge in [0.05, 0.1) is 19.3 Å². The molecule has 3 aromatic rings. The van der Waals surface area contributed by atoms with E-state index in [9.17, 15) is 18.0 Å². The number of amides is 3. The van der Waals surface area contributed by atoms with Crippen molar-refractivity contribution in [2.24, 2.45) is 5.92 Å². The third-order valence-corrected chi connectivity index (χ3v) is 6.47. The predicted molar refractivity (Wildman–Crippen MR) is 142 cm³/mol. The van der Waals surface area contributed by atoms with Crippen LogP contribution in [0.1, 0.15) is 26.3 Å². The van der Waals surface area contributed by atoms with Gasteiger partial charge in [-0.15, -0.1) is 0 Å². The number of hydrogen-bond acceptors (Lipinski definition) is 6. The third kappa shape index (κ3) is 7.71. The van der Waals surface area contributed by atoms with E-state index in [1.165, 1.54) is 38.3 Å². The van der Waals surface area contributed by atoms with E-state index in [4.69, 9.17) is 8.92 Å². The van der Waals surface area contributed by atoms with E-state index in [1.54, 1.807) is 47.4 Å². The summed E-state index contributed by atoms with van der Waals surface area (Å²) >= 11 is 0. The van der Waals surface area contributed by atoms with Crippen molar-refractivity contribution in [3.63, 3.8) is 0 Å². The molecule has 0 unspecified atom stereocenters. The van der Waals surface area contributed by atoms with Crippen LogP contribution >= 0.6 is 0 Å². The molecule has 10 heteroatoms. The highest BCUT2D eigenvalue weighted by Gasteiger charge is 2.22. The van der Waals surface area contributed by atoms with Crippen LogP contribution in [0, 0.1) is 5.92 Å². The minimum atomic E-state index is -4.17. The van der Waals surface area contributed by atoms with Crippen molar-refractivity contribution in [2.75, 3.05) is 24.3 Å². The Labute approximate surface area is 217 Å². The molecule has 0 bridgehead atoms. The molecule has 3 rings (SSSR count). The van der Waals surface area contributed by atoms with Gasteiger partial charge in [-0.3, -0.25) is 4.79 Å². The number of urea groups is 1. The summed E-state index contributed by atoms with van der Waals surface area (Å²) in [5.41, 5.74) is 1.52. The summed E-state index contributed by atoms with van der Waals surface area (Å²) in [7, 11) is -2.64. The van der Waals surface area contributed by atoms with Crippen molar-refractivity contribution in [2.45, 2.75) is 32.2 Å². The van der Waals surface area contributed by atoms with Crippen LogP contribution in [0.25, 0.3) is 0 Å². The van der Waals surface area contributed by atoms with Gasteiger partial charge in [-0.05, 0) is 48.4 Å². The lowest BCUT2D eigenvalue weighted by Crippen LogP contribution is -2.37. The van der Waals surface area contributed by atoms with E-state index in [2.05, 4.69) is 10.6 Å². The lowest BCUT2D eigenvalue weighted by Gasteiger charge is -2.26. The highest BCUT2D eigenvalue weighted by atomic mass is 32.2. The molecule has 0 atom stereocenters. The van der Waals surface area contributed by atoms with Crippen molar-refractivity contribution >= 4 is 33.4 Å². The van der Waals surface area contributed by atoms with Crippen molar-refractivity contribution in [1.29, 1.82) is 0 Å². The van der Waals surface area contributed by atoms with Crippen molar-refractivity contribution in [3.05, 3.63) is 78.4 Å². The van der Waals surface area contributed by atoms with Crippen LogP contribution in [-0.2, 0) is 21.5 Å². The van der Waals surface area contributed by atoms with Crippen LogP contribution in [0.15, 0.2) is 77.7 Å². The fourth-order valence-corrected chi connectivity index (χ4v) is 4.56. The molecule has 0 heterocycles. The number of nitrogens with zero attached hydrogens (tertiary/aromatic N) is 1. The fraction of sp³-hybridized carbons (Fsp3) is 0.259. The van der Waals surface area contributed by atoms with Gasteiger partial charge in [0, 0.05) is 24.7 Å². The monoisotopic (exact) mass is 525 g/mol. The highest BCUT2D eigenvalue weighted by molar-refractivity contribution is 7.87. The number of hydrogen-bond donors (Lipinski definition) is 2. The van der Waals surface area contributed by atoms with E-state index in [-0.39, 0.29) is 35.0 Å². The van der Waals surface area contributed by atoms with Crippen LogP contribution in [-0.4, -0.2) is 38.9 Å². The zero-order valence-electron chi connectivity index (χ0n) is 21.2. The minimum Gasteiger partial charge on any atom is -0.495 e. The molecule has 0 aromatic heterocycles. The summed E-state index contributed by atoms with van der Waals surface area (Å²) in [5, 5.41) is 5.46. The van der Waals surface area contributed by atoms with Gasteiger partial charge in [0.15, 0.2) is 0 Å². The molecule has 2 N–H and O–H groups in total. The SMILES string of the molecule is COc1ccccc1NC(=O)N(Cc1ccccc1OS(=O)(=O)c1ccc(NC(C)=O)cc1)CC(C)C. The van der Waals surface area contributed by atoms with Crippen molar-refractivity contribution in [1.82, 2.24) is 4.90 Å². The van der Waals surface area contributed by atoms with Crippen LogP contribution in [0.4, 0.5) is 16.2 Å². The topological polar surface area (TPSA) is 114 Å². The van der Waals surface area contributed by atoms with E-state index in [1.807, 2.05) is 19.9 Å². The van der Waals surface area contributed by atoms with Crippen LogP contribution in [0.3, 0.4) is 0 Å². The molecule has 3 aromatic carbocycles. The van der Waals surface area contributed by atoms with Gasteiger partial charge in [0.1, 0.15) is 16.4 Å². The lowest BCUT2D eigenvalue weighted by molar-refractivity contribution is -0.114. The van der Waals surface area contributed by atoms with E-state index >= 15 is 0 Å². The van der Waals surface area contributed by atoms with Gasteiger partial charge in [-0.25, -0.2) is 4.79 Å². The first kappa shape index (κ1) is 27.5. The van der Waals surface area contributed by atoms with Gasteiger partial charge < -0.3 is 24.5 Å². The molecule has 0 aliphatic heterocycles. The van der Waals surface area contributed by atoms with Crippen molar-refractivity contribution < 1.29 is 26.9 Å². The molecule has 0 aliphatic carbocycles. The molecule has 0 fully saturated rings. The summed E-state index contributed by atoms with van der Waals surface area (Å²) in [6.45, 7) is 5.88. The van der Waals surface area contributed by atoms with Crippen LogP contribution < -0.4 is 19.6 Å². The fourth-order valence-electron chi connectivity index (χ4n) is 3.60.